The third-order valence-corrected chi connectivity index (χ3v) is 2.19. The molecular weight excluding hydrogens is 195 g/mol. The average molecular weight is 208 g/mol. The maximum absolute atomic E-state index is 12.3. The van der Waals surface area contributed by atoms with Crippen LogP contribution in [0, 0.1) is 0 Å². The fourth-order valence-electron chi connectivity index (χ4n) is 1.34. The Morgan fingerprint density at radius 3 is 2.80 bits per heavy atom. The van der Waals surface area contributed by atoms with E-state index in [0.717, 1.165) is 11.3 Å². The molecule has 0 unspecified atom stereocenters. The Morgan fingerprint density at radius 2 is 2.27 bits per heavy atom. The van der Waals surface area contributed by atoms with Crippen molar-refractivity contribution in [1.82, 2.24) is 19.6 Å². The van der Waals surface area contributed by atoms with E-state index in [1.165, 1.54) is 4.68 Å². The number of nitrogens with zero attached hydrogens (tertiary/aromatic N) is 4. The molecule has 5 heteroatoms. The van der Waals surface area contributed by atoms with Gasteiger partial charge in [-0.3, -0.25) is 4.68 Å². The van der Waals surface area contributed by atoms with Crippen LogP contribution in [0.15, 0.2) is 24.7 Å². The zero-order chi connectivity index (χ0) is 10.8. The van der Waals surface area contributed by atoms with Gasteiger partial charge in [0.1, 0.15) is 0 Å². The largest absolute Gasteiger partial charge is 0.270 e. The van der Waals surface area contributed by atoms with Crippen LogP contribution in [0.3, 0.4) is 0 Å². The summed E-state index contributed by atoms with van der Waals surface area (Å²) in [6, 6.07) is 2.23. The molecule has 0 atom stereocenters. The van der Waals surface area contributed by atoms with Crippen molar-refractivity contribution in [3.63, 3.8) is 0 Å². The Labute approximate surface area is 87.3 Å². The summed E-state index contributed by atoms with van der Waals surface area (Å²) in [7, 11) is 0. The first kappa shape index (κ1) is 9.89. The molecule has 0 aliphatic rings. The average Bonchev–Trinajstić information content (AvgIpc) is 2.86. The second kappa shape index (κ2) is 3.84. The van der Waals surface area contributed by atoms with E-state index < -0.39 is 6.80 Å². The molecule has 0 aromatic carbocycles. The van der Waals surface area contributed by atoms with Gasteiger partial charge in [0.25, 0.3) is 0 Å². The molecule has 0 aliphatic carbocycles. The number of hydrogen-bond donors (Lipinski definition) is 0. The molecule has 0 bridgehead atoms. The van der Waals surface area contributed by atoms with Gasteiger partial charge in [0.05, 0.1) is 11.9 Å². The molecule has 0 aliphatic heterocycles. The van der Waals surface area contributed by atoms with Gasteiger partial charge in [-0.25, -0.2) is 9.07 Å². The lowest BCUT2D eigenvalue weighted by atomic mass is 10.3. The number of alkyl halides is 1. The lowest BCUT2D eigenvalue weighted by Gasteiger charge is -2.02. The van der Waals surface area contributed by atoms with Crippen molar-refractivity contribution >= 4 is 0 Å². The first-order chi connectivity index (χ1) is 7.20. The van der Waals surface area contributed by atoms with Crippen molar-refractivity contribution in [1.29, 1.82) is 0 Å². The Kier molecular flexibility index (Phi) is 2.53. The van der Waals surface area contributed by atoms with Crippen LogP contribution in [0.5, 0.6) is 0 Å². The molecule has 15 heavy (non-hydrogen) atoms. The van der Waals surface area contributed by atoms with Gasteiger partial charge in [0.15, 0.2) is 6.80 Å². The third kappa shape index (κ3) is 1.91. The Morgan fingerprint density at radius 1 is 1.47 bits per heavy atom. The monoisotopic (exact) mass is 208 g/mol. The highest BCUT2D eigenvalue weighted by Gasteiger charge is 2.06. The van der Waals surface area contributed by atoms with Gasteiger partial charge in [0.2, 0.25) is 0 Å². The van der Waals surface area contributed by atoms with Gasteiger partial charge in [-0.2, -0.15) is 10.2 Å². The molecule has 0 spiro atoms. The molecule has 2 aromatic heterocycles. The molecule has 80 valence electrons. The minimum absolute atomic E-state index is 0.329. The fraction of sp³-hybridized carbons (Fsp3) is 0.400. The van der Waals surface area contributed by atoms with Gasteiger partial charge in [-0.15, -0.1) is 0 Å². The van der Waals surface area contributed by atoms with Crippen LogP contribution in [-0.4, -0.2) is 19.6 Å². The zero-order valence-corrected chi connectivity index (χ0v) is 8.76. The van der Waals surface area contributed by atoms with Crippen LogP contribution in [-0.2, 0) is 6.80 Å². The van der Waals surface area contributed by atoms with Gasteiger partial charge in [-0.05, 0) is 19.9 Å². The summed E-state index contributed by atoms with van der Waals surface area (Å²) in [5.74, 6) is 0. The van der Waals surface area contributed by atoms with Gasteiger partial charge >= 0.3 is 0 Å². The first-order valence-electron chi connectivity index (χ1n) is 4.84. The molecule has 0 N–H and O–H groups in total. The maximum atomic E-state index is 12.3. The summed E-state index contributed by atoms with van der Waals surface area (Å²) < 4.78 is 15.4. The second-order valence-corrected chi connectivity index (χ2v) is 3.66. The van der Waals surface area contributed by atoms with Crippen LogP contribution in [0.1, 0.15) is 19.9 Å². The van der Waals surface area contributed by atoms with E-state index in [2.05, 4.69) is 24.0 Å². The van der Waals surface area contributed by atoms with Crippen LogP contribution in [0.2, 0.25) is 0 Å². The molecule has 0 saturated carbocycles. The number of hydrogen-bond acceptors (Lipinski definition) is 2. The Bertz CT molecular complexity index is 444. The molecule has 2 aromatic rings. The second-order valence-electron chi connectivity index (χ2n) is 3.66. The van der Waals surface area contributed by atoms with Crippen LogP contribution < -0.4 is 0 Å². The SMILES string of the molecule is CC(C)n1ccc(-c2cnn(CF)c2)n1. The van der Waals surface area contributed by atoms with Gasteiger partial charge < -0.3 is 0 Å². The summed E-state index contributed by atoms with van der Waals surface area (Å²) in [5.41, 5.74) is 1.66. The molecule has 0 saturated heterocycles. The van der Waals surface area contributed by atoms with E-state index in [1.807, 2.05) is 16.9 Å². The first-order valence-corrected chi connectivity index (χ1v) is 4.84. The normalized spacial score (nSPS) is 11.2. The van der Waals surface area contributed by atoms with Gasteiger partial charge in [0, 0.05) is 24.0 Å². The number of halogens is 1. The van der Waals surface area contributed by atoms with Crippen LogP contribution in [0.25, 0.3) is 11.3 Å². The highest BCUT2D eigenvalue weighted by molar-refractivity contribution is 5.55. The van der Waals surface area contributed by atoms with Crippen LogP contribution >= 0.6 is 0 Å². The van der Waals surface area contributed by atoms with Crippen molar-refractivity contribution in [2.24, 2.45) is 0 Å². The Balaban J connectivity index is 2.28. The standard InChI is InChI=1S/C10H13FN4/c1-8(2)15-4-3-10(13-15)9-5-12-14(6-9)7-11/h3-6,8H,7H2,1-2H3. The van der Waals surface area contributed by atoms with Crippen molar-refractivity contribution in [2.75, 3.05) is 0 Å². The van der Waals surface area contributed by atoms with E-state index in [-0.39, 0.29) is 0 Å². The maximum Gasteiger partial charge on any atom is 0.181 e. The topological polar surface area (TPSA) is 35.6 Å². The van der Waals surface area contributed by atoms with Crippen molar-refractivity contribution in [3.05, 3.63) is 24.7 Å². The molecule has 2 rings (SSSR count). The molecule has 0 radical (unpaired) electrons. The minimum atomic E-state index is -0.606. The predicted molar refractivity (Wildman–Crippen MR) is 54.9 cm³/mol. The zero-order valence-electron chi connectivity index (χ0n) is 8.76. The predicted octanol–water partition coefficient (Wildman–Crippen LogP) is 2.25. The van der Waals surface area contributed by atoms with Crippen molar-refractivity contribution in [3.8, 4) is 11.3 Å². The highest BCUT2D eigenvalue weighted by Crippen LogP contribution is 2.17. The summed E-state index contributed by atoms with van der Waals surface area (Å²) in [6.07, 6.45) is 5.17. The van der Waals surface area contributed by atoms with Crippen molar-refractivity contribution < 1.29 is 4.39 Å². The van der Waals surface area contributed by atoms with Gasteiger partial charge in [-0.1, -0.05) is 0 Å². The number of aromatic nitrogens is 4. The quantitative estimate of drug-likeness (QED) is 0.775. The third-order valence-electron chi connectivity index (χ3n) is 2.19. The molecule has 4 nitrogen and oxygen atoms in total. The van der Waals surface area contributed by atoms with E-state index in [9.17, 15) is 4.39 Å². The molecular formula is C10H13FN4. The van der Waals surface area contributed by atoms with E-state index in [1.54, 1.807) is 12.4 Å². The van der Waals surface area contributed by atoms with E-state index >= 15 is 0 Å². The smallest absolute Gasteiger partial charge is 0.181 e. The molecule has 2 heterocycles. The molecule has 0 amide bonds. The summed E-state index contributed by atoms with van der Waals surface area (Å²) in [6.45, 7) is 3.51. The summed E-state index contributed by atoms with van der Waals surface area (Å²) in [5, 5.41) is 8.23. The lowest BCUT2D eigenvalue weighted by molar-refractivity contribution is 0.350. The lowest BCUT2D eigenvalue weighted by Crippen LogP contribution is -2.00. The molecule has 0 fully saturated rings. The summed E-state index contributed by atoms with van der Waals surface area (Å²) >= 11 is 0. The van der Waals surface area contributed by atoms with E-state index in [4.69, 9.17) is 0 Å². The fourth-order valence-corrected chi connectivity index (χ4v) is 1.34. The van der Waals surface area contributed by atoms with E-state index in [0.29, 0.717) is 6.04 Å². The van der Waals surface area contributed by atoms with Crippen molar-refractivity contribution in [2.45, 2.75) is 26.7 Å². The Hall–Kier alpha value is -1.65. The number of rotatable bonds is 3. The highest BCUT2D eigenvalue weighted by atomic mass is 19.1. The summed E-state index contributed by atoms with van der Waals surface area (Å²) in [4.78, 5) is 0. The minimum Gasteiger partial charge on any atom is -0.270 e. The van der Waals surface area contributed by atoms with Crippen LogP contribution in [0.4, 0.5) is 4.39 Å².